The Bertz CT molecular complexity index is 676. The number of hydrogen-bond donors (Lipinski definition) is 1. The Hall–Kier alpha value is -1.88. The summed E-state index contributed by atoms with van der Waals surface area (Å²) in [7, 11) is 0. The number of carbonyl (C=O) groups excluding carboxylic acids is 1. The molecule has 1 N–H and O–H groups in total. The van der Waals surface area contributed by atoms with Gasteiger partial charge in [0.05, 0.1) is 17.2 Å². The van der Waals surface area contributed by atoms with E-state index in [1.165, 1.54) is 19.1 Å². The van der Waals surface area contributed by atoms with Crippen molar-refractivity contribution < 1.29 is 14.3 Å². The second-order valence-corrected chi connectivity index (χ2v) is 6.51. The Balaban J connectivity index is 2.14. The summed E-state index contributed by atoms with van der Waals surface area (Å²) >= 11 is 0. The van der Waals surface area contributed by atoms with E-state index < -0.39 is 11.5 Å². The summed E-state index contributed by atoms with van der Waals surface area (Å²) < 4.78 is 13.2. The summed E-state index contributed by atoms with van der Waals surface area (Å²) in [6.45, 7) is 5.05. The van der Waals surface area contributed by atoms with Gasteiger partial charge in [-0.2, -0.15) is 10.2 Å². The van der Waals surface area contributed by atoms with Crippen LogP contribution in [0.3, 0.4) is 0 Å². The first kappa shape index (κ1) is 15.0. The molecule has 0 radical (unpaired) electrons. The Labute approximate surface area is 128 Å². The van der Waals surface area contributed by atoms with Gasteiger partial charge in [-0.25, -0.2) is 4.39 Å². The first-order chi connectivity index (χ1) is 10.3. The molecule has 4 atom stereocenters. The maximum Gasteiger partial charge on any atom is 0.136 e. The zero-order chi connectivity index (χ0) is 16.1. The molecule has 1 heterocycles. The second kappa shape index (κ2) is 5.09. The lowest BCUT2D eigenvalue weighted by atomic mass is 9.59. The van der Waals surface area contributed by atoms with E-state index in [9.17, 15) is 14.3 Å². The number of halogens is 1. The fourth-order valence-corrected chi connectivity index (χ4v) is 3.94. The molecule has 116 valence electrons. The summed E-state index contributed by atoms with van der Waals surface area (Å²) in [6.07, 6.45) is 0.334. The molecule has 22 heavy (non-hydrogen) atoms. The van der Waals surface area contributed by atoms with Crippen LogP contribution in [0.25, 0.3) is 0 Å². The molecule has 0 bridgehead atoms. The molecule has 1 aromatic carbocycles. The smallest absolute Gasteiger partial charge is 0.136 e. The number of rotatable bonds is 2. The highest BCUT2D eigenvalue weighted by molar-refractivity contribution is 6.12. The first-order valence-corrected chi connectivity index (χ1v) is 7.40. The molecule has 2 aliphatic rings. The highest BCUT2D eigenvalue weighted by atomic mass is 19.1. The van der Waals surface area contributed by atoms with Gasteiger partial charge in [0, 0.05) is 24.0 Å². The third-order valence-electron chi connectivity index (χ3n) is 4.77. The lowest BCUT2D eigenvalue weighted by Gasteiger charge is -2.45. The maximum atomic E-state index is 13.2. The van der Waals surface area contributed by atoms with Crippen molar-refractivity contribution in [3.8, 4) is 0 Å². The zero-order valence-corrected chi connectivity index (χ0v) is 12.9. The fraction of sp³-hybridized carbons (Fsp3) is 0.471. The van der Waals surface area contributed by atoms with Gasteiger partial charge in [0.2, 0.25) is 0 Å². The van der Waals surface area contributed by atoms with Crippen LogP contribution < -0.4 is 0 Å². The van der Waals surface area contributed by atoms with Crippen molar-refractivity contribution in [3.05, 3.63) is 35.6 Å². The van der Waals surface area contributed by atoms with Crippen molar-refractivity contribution >= 4 is 17.2 Å². The van der Waals surface area contributed by atoms with E-state index in [-0.39, 0.29) is 23.4 Å². The van der Waals surface area contributed by atoms with E-state index in [0.29, 0.717) is 6.42 Å². The number of hydrogen-bond acceptors (Lipinski definition) is 4. The Kier molecular flexibility index (Phi) is 3.48. The van der Waals surface area contributed by atoms with Gasteiger partial charge in [-0.1, -0.05) is 12.1 Å². The summed E-state index contributed by atoms with van der Waals surface area (Å²) in [4.78, 5) is 12.2. The SMILES string of the molecule is CC(=O)[C@H]1[C@H](c2ccc(F)cc2)[C@H]2C(C)=NN=C2C[C@]1(C)O. The summed E-state index contributed by atoms with van der Waals surface area (Å²) in [5, 5.41) is 19.1. The minimum absolute atomic E-state index is 0.0712. The van der Waals surface area contributed by atoms with Crippen LogP contribution >= 0.6 is 0 Å². The van der Waals surface area contributed by atoms with E-state index in [0.717, 1.165) is 17.0 Å². The van der Waals surface area contributed by atoms with Crippen molar-refractivity contribution in [1.29, 1.82) is 0 Å². The molecule has 0 saturated heterocycles. The third kappa shape index (κ3) is 2.29. The number of benzene rings is 1. The normalized spacial score (nSPS) is 34.0. The summed E-state index contributed by atoms with van der Waals surface area (Å²) in [6, 6.07) is 6.13. The molecule has 5 heteroatoms. The van der Waals surface area contributed by atoms with Gasteiger partial charge >= 0.3 is 0 Å². The van der Waals surface area contributed by atoms with Crippen LogP contribution in [0.5, 0.6) is 0 Å². The number of fused-ring (bicyclic) bond motifs is 1. The van der Waals surface area contributed by atoms with Crippen LogP contribution in [-0.4, -0.2) is 27.9 Å². The number of carbonyl (C=O) groups is 1. The lowest BCUT2D eigenvalue weighted by Crippen LogP contribution is -2.53. The topological polar surface area (TPSA) is 62.0 Å². The molecular formula is C17H19FN2O2. The first-order valence-electron chi connectivity index (χ1n) is 7.40. The number of aliphatic hydroxyl groups is 1. The van der Waals surface area contributed by atoms with E-state index in [1.807, 2.05) is 6.92 Å². The second-order valence-electron chi connectivity index (χ2n) is 6.51. The van der Waals surface area contributed by atoms with Gasteiger partial charge in [-0.15, -0.1) is 0 Å². The molecule has 0 spiro atoms. The van der Waals surface area contributed by atoms with Crippen molar-refractivity contribution in [2.75, 3.05) is 0 Å². The van der Waals surface area contributed by atoms with Gasteiger partial charge < -0.3 is 5.11 Å². The minimum Gasteiger partial charge on any atom is -0.389 e. The van der Waals surface area contributed by atoms with E-state index >= 15 is 0 Å². The number of ketones is 1. The van der Waals surface area contributed by atoms with E-state index in [2.05, 4.69) is 10.2 Å². The molecular weight excluding hydrogens is 283 g/mol. The highest BCUT2D eigenvalue weighted by Crippen LogP contribution is 2.48. The van der Waals surface area contributed by atoms with Gasteiger partial charge in [0.25, 0.3) is 0 Å². The summed E-state index contributed by atoms with van der Waals surface area (Å²) in [5.41, 5.74) is 1.29. The van der Waals surface area contributed by atoms with Gasteiger partial charge in [-0.3, -0.25) is 4.79 Å². The van der Waals surface area contributed by atoms with Crippen molar-refractivity contribution in [1.82, 2.24) is 0 Å². The fourth-order valence-electron chi connectivity index (χ4n) is 3.94. The molecule has 1 aliphatic carbocycles. The molecule has 0 amide bonds. The van der Waals surface area contributed by atoms with E-state index in [4.69, 9.17) is 0 Å². The molecule has 4 nitrogen and oxygen atoms in total. The van der Waals surface area contributed by atoms with Crippen LogP contribution in [0.2, 0.25) is 0 Å². The Morgan fingerprint density at radius 1 is 1.32 bits per heavy atom. The zero-order valence-electron chi connectivity index (χ0n) is 12.9. The molecule has 0 aromatic heterocycles. The maximum absolute atomic E-state index is 13.2. The molecule has 0 unspecified atom stereocenters. The average Bonchev–Trinajstić information content (AvgIpc) is 2.77. The quantitative estimate of drug-likeness (QED) is 0.913. The van der Waals surface area contributed by atoms with Crippen LogP contribution in [0.4, 0.5) is 4.39 Å². The molecule has 1 aromatic rings. The van der Waals surface area contributed by atoms with Crippen molar-refractivity contribution in [3.63, 3.8) is 0 Å². The molecule has 1 saturated carbocycles. The highest BCUT2D eigenvalue weighted by Gasteiger charge is 2.53. The third-order valence-corrected chi connectivity index (χ3v) is 4.77. The Morgan fingerprint density at radius 2 is 1.95 bits per heavy atom. The van der Waals surface area contributed by atoms with Crippen molar-refractivity contribution in [2.24, 2.45) is 22.0 Å². The van der Waals surface area contributed by atoms with Crippen LogP contribution in [-0.2, 0) is 4.79 Å². The Morgan fingerprint density at radius 3 is 2.55 bits per heavy atom. The molecule has 1 fully saturated rings. The van der Waals surface area contributed by atoms with Gasteiger partial charge in [0.15, 0.2) is 0 Å². The lowest BCUT2D eigenvalue weighted by molar-refractivity contribution is -0.131. The van der Waals surface area contributed by atoms with Crippen LogP contribution in [0, 0.1) is 17.7 Å². The number of Topliss-reactive ketones (excluding diaryl/α,β-unsaturated/α-hetero) is 1. The number of nitrogens with zero attached hydrogens (tertiary/aromatic N) is 2. The van der Waals surface area contributed by atoms with Gasteiger partial charge in [-0.05, 0) is 38.5 Å². The van der Waals surface area contributed by atoms with Crippen LogP contribution in [0.15, 0.2) is 34.5 Å². The standard InChI is InChI=1S/C17H19FN2O2/c1-9-14-13(20-19-9)8-17(3,22)16(10(2)21)15(14)11-4-6-12(18)7-5-11/h4-7,14-16,22H,8H2,1-3H3/t14-,15+,16-,17-/m0/s1. The predicted octanol–water partition coefficient (Wildman–Crippen LogP) is 2.72. The van der Waals surface area contributed by atoms with Crippen LogP contribution in [0.1, 0.15) is 38.7 Å². The molecule has 3 rings (SSSR count). The predicted molar refractivity (Wildman–Crippen MR) is 82.6 cm³/mol. The monoisotopic (exact) mass is 302 g/mol. The average molecular weight is 302 g/mol. The van der Waals surface area contributed by atoms with Crippen molar-refractivity contribution in [2.45, 2.75) is 38.7 Å². The minimum atomic E-state index is -1.18. The molecule has 1 aliphatic heterocycles. The van der Waals surface area contributed by atoms with Gasteiger partial charge in [0.1, 0.15) is 11.6 Å². The largest absolute Gasteiger partial charge is 0.389 e. The van der Waals surface area contributed by atoms with E-state index in [1.54, 1.807) is 19.1 Å². The summed E-state index contributed by atoms with van der Waals surface area (Å²) in [5.74, 6) is -1.33.